The van der Waals surface area contributed by atoms with E-state index in [4.69, 9.17) is 9.47 Å². The van der Waals surface area contributed by atoms with Gasteiger partial charge in [-0.05, 0) is 32.3 Å². The highest BCUT2D eigenvalue weighted by molar-refractivity contribution is 7.09. The molecule has 0 saturated carbocycles. The Hall–Kier alpha value is -1.50. The van der Waals surface area contributed by atoms with Gasteiger partial charge in [0.05, 0.1) is 23.9 Å². The second kappa shape index (κ2) is 7.40. The van der Waals surface area contributed by atoms with Crippen LogP contribution in [0.5, 0.6) is 5.88 Å². The Bertz CT molecular complexity index is 693. The van der Waals surface area contributed by atoms with Gasteiger partial charge in [-0.15, -0.1) is 11.3 Å². The molecule has 134 valence electrons. The zero-order chi connectivity index (χ0) is 17.1. The Balaban J connectivity index is 1.48. The lowest BCUT2D eigenvalue weighted by atomic mass is 9.73. The van der Waals surface area contributed by atoms with Crippen LogP contribution in [0.2, 0.25) is 0 Å². The summed E-state index contributed by atoms with van der Waals surface area (Å²) in [4.78, 5) is 12.6. The van der Waals surface area contributed by atoms with Crippen molar-refractivity contribution in [3.63, 3.8) is 0 Å². The summed E-state index contributed by atoms with van der Waals surface area (Å²) >= 11 is 1.76. The van der Waals surface area contributed by atoms with E-state index in [9.17, 15) is 0 Å². The minimum Gasteiger partial charge on any atom is -0.477 e. The third-order valence-corrected chi connectivity index (χ3v) is 6.34. The van der Waals surface area contributed by atoms with Gasteiger partial charge in [-0.25, -0.2) is 9.97 Å². The predicted molar refractivity (Wildman–Crippen MR) is 97.9 cm³/mol. The number of thiazole rings is 1. The highest BCUT2D eigenvalue weighted by Gasteiger charge is 2.46. The lowest BCUT2D eigenvalue weighted by Gasteiger charge is -2.50. The van der Waals surface area contributed by atoms with Crippen molar-refractivity contribution in [1.29, 1.82) is 0 Å². The first-order valence-corrected chi connectivity index (χ1v) is 9.90. The molecule has 0 radical (unpaired) electrons. The summed E-state index contributed by atoms with van der Waals surface area (Å²) in [5, 5.41) is 0. The summed E-state index contributed by atoms with van der Waals surface area (Å²) in [6.07, 6.45) is 5.41. The van der Waals surface area contributed by atoms with E-state index < -0.39 is 0 Å². The van der Waals surface area contributed by atoms with Crippen molar-refractivity contribution in [2.24, 2.45) is 5.41 Å². The zero-order valence-corrected chi connectivity index (χ0v) is 15.5. The molecule has 0 amide bonds. The van der Waals surface area contributed by atoms with Gasteiger partial charge in [0.15, 0.2) is 0 Å². The van der Waals surface area contributed by atoms with Gasteiger partial charge >= 0.3 is 0 Å². The summed E-state index contributed by atoms with van der Waals surface area (Å²) in [6.45, 7) is 6.73. The van der Waals surface area contributed by atoms with E-state index in [1.807, 2.05) is 23.7 Å². The quantitative estimate of drug-likeness (QED) is 0.820. The number of ether oxygens (including phenoxy) is 2. The standard InChI is InChI=1S/C19H25N3O2S/c1-15-16(25-14-21-15)11-22-9-6-17-19(12-22,7-4-10-23-17)13-24-18-5-2-3-8-20-18/h2-3,5,8,14,17H,4,6-7,9-13H2,1H3/t17-,19-/m0/s1. The molecule has 0 N–H and O–H groups in total. The molecule has 2 aliphatic heterocycles. The number of hydrogen-bond acceptors (Lipinski definition) is 6. The van der Waals surface area contributed by atoms with Gasteiger partial charge in [0.1, 0.15) is 0 Å². The fraction of sp³-hybridized carbons (Fsp3) is 0.579. The lowest BCUT2D eigenvalue weighted by Crippen LogP contribution is -2.57. The van der Waals surface area contributed by atoms with Crippen LogP contribution < -0.4 is 4.74 Å². The van der Waals surface area contributed by atoms with Crippen molar-refractivity contribution in [2.75, 3.05) is 26.3 Å². The molecule has 0 bridgehead atoms. The summed E-state index contributed by atoms with van der Waals surface area (Å²) < 4.78 is 12.2. The van der Waals surface area contributed by atoms with Crippen LogP contribution in [0.4, 0.5) is 0 Å². The molecule has 0 unspecified atom stereocenters. The van der Waals surface area contributed by atoms with Crippen LogP contribution in [0, 0.1) is 12.3 Å². The molecule has 0 spiro atoms. The van der Waals surface area contributed by atoms with Crippen molar-refractivity contribution in [1.82, 2.24) is 14.9 Å². The van der Waals surface area contributed by atoms with Crippen LogP contribution in [0.15, 0.2) is 29.9 Å². The van der Waals surface area contributed by atoms with Gasteiger partial charge < -0.3 is 9.47 Å². The fourth-order valence-corrected chi connectivity index (χ4v) is 4.88. The van der Waals surface area contributed by atoms with E-state index in [0.29, 0.717) is 18.6 Å². The Morgan fingerprint density at radius 3 is 3.16 bits per heavy atom. The Kier molecular flexibility index (Phi) is 5.01. The maximum atomic E-state index is 6.14. The maximum Gasteiger partial charge on any atom is 0.213 e. The third kappa shape index (κ3) is 3.71. The molecule has 2 saturated heterocycles. The SMILES string of the molecule is Cc1ncsc1CN1CC[C@@H]2OCCC[C@@]2(COc2ccccn2)C1. The molecular weight excluding hydrogens is 334 g/mol. The number of rotatable bonds is 5. The molecule has 2 atom stereocenters. The van der Waals surface area contributed by atoms with Crippen LogP contribution in [-0.4, -0.2) is 47.3 Å². The van der Waals surface area contributed by atoms with Crippen molar-refractivity contribution in [3.8, 4) is 5.88 Å². The smallest absolute Gasteiger partial charge is 0.213 e. The first-order valence-electron chi connectivity index (χ1n) is 9.02. The summed E-state index contributed by atoms with van der Waals surface area (Å²) in [7, 11) is 0. The van der Waals surface area contributed by atoms with Crippen molar-refractivity contribution in [2.45, 2.75) is 38.8 Å². The van der Waals surface area contributed by atoms with Crippen LogP contribution in [0.3, 0.4) is 0 Å². The topological polar surface area (TPSA) is 47.5 Å². The molecule has 4 rings (SSSR count). The summed E-state index contributed by atoms with van der Waals surface area (Å²) in [5.41, 5.74) is 3.17. The van der Waals surface area contributed by atoms with Crippen molar-refractivity contribution < 1.29 is 9.47 Å². The number of nitrogens with zero attached hydrogens (tertiary/aromatic N) is 3. The highest BCUT2D eigenvalue weighted by Crippen LogP contribution is 2.41. The number of piperidine rings is 1. The van der Waals surface area contributed by atoms with Crippen LogP contribution >= 0.6 is 11.3 Å². The van der Waals surface area contributed by atoms with Gasteiger partial charge in [-0.1, -0.05) is 6.07 Å². The Morgan fingerprint density at radius 1 is 1.40 bits per heavy atom. The molecule has 2 aromatic rings. The molecule has 6 heteroatoms. The van der Waals surface area contributed by atoms with E-state index in [0.717, 1.165) is 51.2 Å². The molecule has 0 aliphatic carbocycles. The van der Waals surface area contributed by atoms with Gasteiger partial charge in [0.25, 0.3) is 0 Å². The number of fused-ring (bicyclic) bond motifs is 1. The predicted octanol–water partition coefficient (Wildman–Crippen LogP) is 3.30. The number of pyridine rings is 1. The van der Waals surface area contributed by atoms with Crippen LogP contribution in [0.1, 0.15) is 29.8 Å². The molecule has 2 aliphatic rings. The maximum absolute atomic E-state index is 6.14. The van der Waals surface area contributed by atoms with E-state index in [1.54, 1.807) is 17.5 Å². The lowest BCUT2D eigenvalue weighted by molar-refractivity contribution is -0.141. The van der Waals surface area contributed by atoms with Gasteiger partial charge in [-0.3, -0.25) is 4.90 Å². The molecule has 2 aromatic heterocycles. The van der Waals surface area contributed by atoms with Gasteiger partial charge in [0.2, 0.25) is 5.88 Å². The van der Waals surface area contributed by atoms with E-state index in [1.165, 1.54) is 4.88 Å². The minimum absolute atomic E-state index is 0.0621. The molecule has 0 aromatic carbocycles. The van der Waals surface area contributed by atoms with Gasteiger partial charge in [0, 0.05) is 48.8 Å². The second-order valence-electron chi connectivity index (χ2n) is 7.14. The second-order valence-corrected chi connectivity index (χ2v) is 8.08. The molecule has 5 nitrogen and oxygen atoms in total. The van der Waals surface area contributed by atoms with Crippen LogP contribution in [0.25, 0.3) is 0 Å². The summed E-state index contributed by atoms with van der Waals surface area (Å²) in [5.74, 6) is 0.705. The Labute approximate surface area is 153 Å². The normalized spacial score (nSPS) is 27.0. The first kappa shape index (κ1) is 16.9. The average Bonchev–Trinajstić information content (AvgIpc) is 3.05. The summed E-state index contributed by atoms with van der Waals surface area (Å²) in [6, 6.07) is 5.81. The third-order valence-electron chi connectivity index (χ3n) is 5.42. The highest BCUT2D eigenvalue weighted by atomic mass is 32.1. The van der Waals surface area contributed by atoms with Crippen molar-refractivity contribution in [3.05, 3.63) is 40.5 Å². The first-order chi connectivity index (χ1) is 12.3. The van der Waals surface area contributed by atoms with Crippen LogP contribution in [-0.2, 0) is 11.3 Å². The molecular formula is C19H25N3O2S. The Morgan fingerprint density at radius 2 is 2.36 bits per heavy atom. The molecule has 25 heavy (non-hydrogen) atoms. The van der Waals surface area contributed by atoms with Crippen molar-refractivity contribution >= 4 is 11.3 Å². The molecule has 4 heterocycles. The van der Waals surface area contributed by atoms with E-state index in [-0.39, 0.29) is 5.41 Å². The van der Waals surface area contributed by atoms with E-state index in [2.05, 4.69) is 21.8 Å². The number of aromatic nitrogens is 2. The monoisotopic (exact) mass is 359 g/mol. The van der Waals surface area contributed by atoms with E-state index >= 15 is 0 Å². The zero-order valence-electron chi connectivity index (χ0n) is 14.7. The fourth-order valence-electron chi connectivity index (χ4n) is 4.06. The number of aryl methyl sites for hydroxylation is 1. The number of hydrogen-bond donors (Lipinski definition) is 0. The molecule has 2 fully saturated rings. The minimum atomic E-state index is 0.0621. The largest absolute Gasteiger partial charge is 0.477 e. The number of likely N-dealkylation sites (tertiary alicyclic amines) is 1. The van der Waals surface area contributed by atoms with Gasteiger partial charge in [-0.2, -0.15) is 0 Å². The average molecular weight is 359 g/mol.